The Morgan fingerprint density at radius 1 is 1.12 bits per heavy atom. The fraction of sp³-hybridized carbons (Fsp3) is 0.400. The summed E-state index contributed by atoms with van der Waals surface area (Å²) >= 11 is 6.00. The number of pyridine rings is 1. The Hall–Kier alpha value is -2.07. The second-order valence-electron chi connectivity index (χ2n) is 6.71. The summed E-state index contributed by atoms with van der Waals surface area (Å²) in [5.41, 5.74) is 3.37. The van der Waals surface area contributed by atoms with Crippen LogP contribution in [0.2, 0.25) is 5.02 Å². The van der Waals surface area contributed by atoms with Gasteiger partial charge in [-0.1, -0.05) is 37.3 Å². The van der Waals surface area contributed by atoms with Crippen molar-refractivity contribution in [3.63, 3.8) is 0 Å². The molecule has 0 aliphatic heterocycles. The summed E-state index contributed by atoms with van der Waals surface area (Å²) in [6.45, 7) is 1.99. The molecule has 1 aromatic carbocycles. The maximum atomic E-state index is 12.5. The van der Waals surface area contributed by atoms with E-state index in [0.717, 1.165) is 29.8 Å². The van der Waals surface area contributed by atoms with E-state index in [9.17, 15) is 4.79 Å². The zero-order valence-corrected chi connectivity index (χ0v) is 15.3. The van der Waals surface area contributed by atoms with E-state index >= 15 is 0 Å². The van der Waals surface area contributed by atoms with Crippen LogP contribution < -0.4 is 10.6 Å². The maximum Gasteiger partial charge on any atom is 0.253 e. The number of hydrogen-bond donors (Lipinski definition) is 2. The van der Waals surface area contributed by atoms with Gasteiger partial charge in [-0.15, -0.1) is 0 Å². The number of benzene rings is 1. The van der Waals surface area contributed by atoms with Gasteiger partial charge in [0.05, 0.1) is 17.4 Å². The van der Waals surface area contributed by atoms with Crippen molar-refractivity contribution < 1.29 is 4.79 Å². The number of aryl methyl sites for hydroxylation is 1. The van der Waals surface area contributed by atoms with Crippen LogP contribution in [0.3, 0.4) is 0 Å². The van der Waals surface area contributed by atoms with Crippen molar-refractivity contribution in [1.29, 1.82) is 0 Å². The van der Waals surface area contributed by atoms with E-state index in [0.29, 0.717) is 10.6 Å². The van der Waals surface area contributed by atoms with Crippen molar-refractivity contribution in [3.05, 3.63) is 52.8 Å². The molecule has 5 heteroatoms. The summed E-state index contributed by atoms with van der Waals surface area (Å²) in [5.74, 6) is -0.0455. The van der Waals surface area contributed by atoms with Crippen molar-refractivity contribution in [3.8, 4) is 0 Å². The van der Waals surface area contributed by atoms with Crippen LogP contribution in [0.25, 0.3) is 0 Å². The number of anilines is 2. The number of amides is 1. The largest absolute Gasteiger partial charge is 0.354 e. The molecule has 0 radical (unpaired) electrons. The SMILES string of the molecule is Cc1cc(Cl)ccc1Nc1cncc(C(=O)NC2CCCCCC2)c1. The average Bonchev–Trinajstić information content (AvgIpc) is 2.86. The van der Waals surface area contributed by atoms with Crippen molar-refractivity contribution >= 4 is 28.9 Å². The minimum Gasteiger partial charge on any atom is -0.354 e. The molecule has 1 amide bonds. The van der Waals surface area contributed by atoms with Gasteiger partial charge in [-0.05, 0) is 49.6 Å². The highest BCUT2D eigenvalue weighted by molar-refractivity contribution is 6.30. The molecule has 25 heavy (non-hydrogen) atoms. The summed E-state index contributed by atoms with van der Waals surface area (Å²) in [7, 11) is 0. The van der Waals surface area contributed by atoms with Crippen LogP contribution in [0.4, 0.5) is 11.4 Å². The second kappa shape index (κ2) is 8.34. The third-order valence-electron chi connectivity index (χ3n) is 4.66. The quantitative estimate of drug-likeness (QED) is 0.736. The van der Waals surface area contributed by atoms with Gasteiger partial charge in [0.25, 0.3) is 5.91 Å². The van der Waals surface area contributed by atoms with Gasteiger partial charge in [0.1, 0.15) is 0 Å². The zero-order valence-electron chi connectivity index (χ0n) is 14.5. The minimum absolute atomic E-state index is 0.0455. The number of carbonyl (C=O) groups is 1. The molecule has 1 heterocycles. The Morgan fingerprint density at radius 3 is 2.60 bits per heavy atom. The molecule has 1 fully saturated rings. The summed E-state index contributed by atoms with van der Waals surface area (Å²) in [6, 6.07) is 7.79. The summed E-state index contributed by atoms with van der Waals surface area (Å²) < 4.78 is 0. The Labute approximate surface area is 154 Å². The van der Waals surface area contributed by atoms with E-state index in [4.69, 9.17) is 11.6 Å². The number of rotatable bonds is 4. The minimum atomic E-state index is -0.0455. The molecule has 0 spiro atoms. The first-order valence-corrected chi connectivity index (χ1v) is 9.29. The Morgan fingerprint density at radius 2 is 1.88 bits per heavy atom. The molecule has 4 nitrogen and oxygen atoms in total. The Bertz CT molecular complexity index is 739. The van der Waals surface area contributed by atoms with E-state index in [1.807, 2.05) is 31.2 Å². The topological polar surface area (TPSA) is 54.0 Å². The highest BCUT2D eigenvalue weighted by Crippen LogP contribution is 2.24. The first-order valence-electron chi connectivity index (χ1n) is 8.91. The highest BCUT2D eigenvalue weighted by atomic mass is 35.5. The Kier molecular flexibility index (Phi) is 5.92. The smallest absolute Gasteiger partial charge is 0.253 e. The van der Waals surface area contributed by atoms with E-state index in [2.05, 4.69) is 15.6 Å². The number of hydrogen-bond acceptors (Lipinski definition) is 3. The van der Waals surface area contributed by atoms with E-state index in [1.165, 1.54) is 25.7 Å². The molecule has 1 aromatic heterocycles. The highest BCUT2D eigenvalue weighted by Gasteiger charge is 2.16. The number of nitrogens with zero attached hydrogens (tertiary/aromatic N) is 1. The first kappa shape index (κ1) is 17.7. The van der Waals surface area contributed by atoms with Crippen molar-refractivity contribution in [2.75, 3.05) is 5.32 Å². The molecule has 1 saturated carbocycles. The third-order valence-corrected chi connectivity index (χ3v) is 4.89. The molecule has 1 aliphatic carbocycles. The molecule has 0 unspecified atom stereocenters. The van der Waals surface area contributed by atoms with Crippen LogP contribution in [-0.4, -0.2) is 16.9 Å². The molecular formula is C20H24ClN3O. The van der Waals surface area contributed by atoms with Gasteiger partial charge in [0, 0.05) is 22.9 Å². The Balaban J connectivity index is 1.68. The van der Waals surface area contributed by atoms with Crippen LogP contribution in [0.15, 0.2) is 36.7 Å². The molecule has 1 aliphatic rings. The lowest BCUT2D eigenvalue weighted by atomic mass is 10.1. The summed E-state index contributed by atoms with van der Waals surface area (Å²) in [4.78, 5) is 16.8. The zero-order chi connectivity index (χ0) is 17.6. The van der Waals surface area contributed by atoms with Gasteiger partial charge in [0.2, 0.25) is 0 Å². The number of aromatic nitrogens is 1. The van der Waals surface area contributed by atoms with Crippen molar-refractivity contribution in [2.45, 2.75) is 51.5 Å². The number of nitrogens with one attached hydrogen (secondary N) is 2. The third kappa shape index (κ3) is 4.95. The molecule has 2 aromatic rings. The monoisotopic (exact) mass is 357 g/mol. The van der Waals surface area contributed by atoms with Crippen molar-refractivity contribution in [2.24, 2.45) is 0 Å². The van der Waals surface area contributed by atoms with Crippen LogP contribution in [0, 0.1) is 6.92 Å². The standard InChI is InChI=1S/C20H24ClN3O/c1-14-10-16(21)8-9-19(14)23-18-11-15(12-22-13-18)20(25)24-17-6-4-2-3-5-7-17/h8-13,17,23H,2-7H2,1H3,(H,24,25). The molecule has 0 bridgehead atoms. The lowest BCUT2D eigenvalue weighted by molar-refractivity contribution is 0.0933. The van der Waals surface area contributed by atoms with Crippen LogP contribution >= 0.6 is 11.6 Å². The van der Waals surface area contributed by atoms with E-state index < -0.39 is 0 Å². The molecule has 0 saturated heterocycles. The predicted molar refractivity (Wildman–Crippen MR) is 103 cm³/mol. The summed E-state index contributed by atoms with van der Waals surface area (Å²) in [5, 5.41) is 7.17. The summed E-state index contributed by atoms with van der Waals surface area (Å²) in [6.07, 6.45) is 10.4. The second-order valence-corrected chi connectivity index (χ2v) is 7.14. The van der Waals surface area contributed by atoms with Gasteiger partial charge in [-0.2, -0.15) is 0 Å². The van der Waals surface area contributed by atoms with Crippen LogP contribution in [0.1, 0.15) is 54.4 Å². The lowest BCUT2D eigenvalue weighted by Crippen LogP contribution is -2.34. The number of carbonyl (C=O) groups excluding carboxylic acids is 1. The van der Waals surface area contributed by atoms with Crippen molar-refractivity contribution in [1.82, 2.24) is 10.3 Å². The lowest BCUT2D eigenvalue weighted by Gasteiger charge is -2.16. The fourth-order valence-electron chi connectivity index (χ4n) is 3.25. The first-order chi connectivity index (χ1) is 12.1. The molecule has 2 N–H and O–H groups in total. The van der Waals surface area contributed by atoms with Gasteiger partial charge in [-0.25, -0.2) is 0 Å². The van der Waals surface area contributed by atoms with Gasteiger partial charge >= 0.3 is 0 Å². The normalized spacial score (nSPS) is 15.4. The molecule has 132 valence electrons. The molecule has 3 rings (SSSR count). The van der Waals surface area contributed by atoms with Crippen LogP contribution in [0.5, 0.6) is 0 Å². The van der Waals surface area contributed by atoms with Gasteiger partial charge in [0.15, 0.2) is 0 Å². The van der Waals surface area contributed by atoms with E-state index in [-0.39, 0.29) is 11.9 Å². The van der Waals surface area contributed by atoms with E-state index in [1.54, 1.807) is 12.4 Å². The van der Waals surface area contributed by atoms with Gasteiger partial charge in [-0.3, -0.25) is 9.78 Å². The fourth-order valence-corrected chi connectivity index (χ4v) is 3.47. The average molecular weight is 358 g/mol. The predicted octanol–water partition coefficient (Wildman–Crippen LogP) is 5.24. The number of halogens is 1. The molecular weight excluding hydrogens is 334 g/mol. The van der Waals surface area contributed by atoms with Crippen LogP contribution in [-0.2, 0) is 0 Å². The maximum absolute atomic E-state index is 12.5. The van der Waals surface area contributed by atoms with Gasteiger partial charge < -0.3 is 10.6 Å². The molecule has 0 atom stereocenters.